The van der Waals surface area contributed by atoms with Gasteiger partial charge in [-0.25, -0.2) is 4.98 Å². The van der Waals surface area contributed by atoms with Gasteiger partial charge in [-0.1, -0.05) is 0 Å². The van der Waals surface area contributed by atoms with Gasteiger partial charge in [0, 0.05) is 29.5 Å². The second-order valence-corrected chi connectivity index (χ2v) is 2.87. The predicted molar refractivity (Wildman–Crippen MR) is 49.9 cm³/mol. The SMILES string of the molecule is CN=Cc1cc(N)ncc1Br. The Morgan fingerprint density at radius 1 is 1.73 bits per heavy atom. The summed E-state index contributed by atoms with van der Waals surface area (Å²) in [5.41, 5.74) is 6.41. The van der Waals surface area contributed by atoms with Crippen molar-refractivity contribution < 1.29 is 0 Å². The zero-order valence-electron chi connectivity index (χ0n) is 6.08. The van der Waals surface area contributed by atoms with E-state index in [-0.39, 0.29) is 0 Å². The molecule has 3 nitrogen and oxygen atoms in total. The molecule has 1 rings (SSSR count). The van der Waals surface area contributed by atoms with Gasteiger partial charge in [0.2, 0.25) is 0 Å². The number of aliphatic imine (C=N–C) groups is 1. The Morgan fingerprint density at radius 2 is 2.45 bits per heavy atom. The quantitative estimate of drug-likeness (QED) is 0.719. The highest BCUT2D eigenvalue weighted by Gasteiger charge is 1.96. The normalized spacial score (nSPS) is 10.7. The lowest BCUT2D eigenvalue weighted by Gasteiger charge is -1.97. The minimum Gasteiger partial charge on any atom is -0.384 e. The van der Waals surface area contributed by atoms with E-state index in [1.165, 1.54) is 0 Å². The van der Waals surface area contributed by atoms with Gasteiger partial charge in [-0.05, 0) is 22.0 Å². The molecule has 1 heterocycles. The van der Waals surface area contributed by atoms with Gasteiger partial charge in [0.25, 0.3) is 0 Å². The van der Waals surface area contributed by atoms with Crippen LogP contribution in [0.25, 0.3) is 0 Å². The Balaban J connectivity index is 3.12. The molecule has 2 N–H and O–H groups in total. The molecule has 0 fully saturated rings. The highest BCUT2D eigenvalue weighted by Crippen LogP contribution is 2.14. The third-order valence-corrected chi connectivity index (χ3v) is 1.84. The van der Waals surface area contributed by atoms with Crippen molar-refractivity contribution in [2.24, 2.45) is 4.99 Å². The number of rotatable bonds is 1. The van der Waals surface area contributed by atoms with Gasteiger partial charge < -0.3 is 5.73 Å². The van der Waals surface area contributed by atoms with E-state index in [0.717, 1.165) is 10.0 Å². The first-order valence-electron chi connectivity index (χ1n) is 3.07. The molecule has 0 aliphatic carbocycles. The van der Waals surface area contributed by atoms with E-state index in [0.29, 0.717) is 5.82 Å². The number of nitrogens with two attached hydrogens (primary N) is 1. The van der Waals surface area contributed by atoms with E-state index in [1.807, 2.05) is 0 Å². The number of hydrogen-bond donors (Lipinski definition) is 1. The lowest BCUT2D eigenvalue weighted by Crippen LogP contribution is -1.92. The molecule has 0 aliphatic rings. The molecular formula is C7H8BrN3. The van der Waals surface area contributed by atoms with Crippen molar-refractivity contribution in [2.45, 2.75) is 0 Å². The molecule has 0 saturated carbocycles. The van der Waals surface area contributed by atoms with Gasteiger partial charge in [0.15, 0.2) is 0 Å². The fraction of sp³-hybridized carbons (Fsp3) is 0.143. The average molecular weight is 214 g/mol. The number of nitrogens with zero attached hydrogens (tertiary/aromatic N) is 2. The zero-order chi connectivity index (χ0) is 8.27. The van der Waals surface area contributed by atoms with Crippen LogP contribution in [0.1, 0.15) is 5.56 Å². The summed E-state index contributed by atoms with van der Waals surface area (Å²) in [6.07, 6.45) is 3.38. The van der Waals surface area contributed by atoms with Crippen molar-refractivity contribution >= 4 is 28.0 Å². The smallest absolute Gasteiger partial charge is 0.124 e. The number of hydrogen-bond acceptors (Lipinski definition) is 3. The standard InChI is InChI=1S/C7H8BrN3/c1-10-3-5-2-7(9)11-4-6(5)8/h2-4H,1H3,(H2,9,11). The van der Waals surface area contributed by atoms with Gasteiger partial charge in [-0.3, -0.25) is 4.99 Å². The van der Waals surface area contributed by atoms with E-state index in [1.54, 1.807) is 25.5 Å². The summed E-state index contributed by atoms with van der Waals surface area (Å²) >= 11 is 3.32. The molecule has 0 amide bonds. The van der Waals surface area contributed by atoms with Crippen LogP contribution >= 0.6 is 15.9 Å². The Morgan fingerprint density at radius 3 is 3.09 bits per heavy atom. The van der Waals surface area contributed by atoms with Crippen LogP contribution in [0.3, 0.4) is 0 Å². The molecule has 0 saturated heterocycles. The van der Waals surface area contributed by atoms with Crippen molar-refractivity contribution in [3.63, 3.8) is 0 Å². The van der Waals surface area contributed by atoms with Crippen LogP contribution in [0.15, 0.2) is 21.7 Å². The number of anilines is 1. The molecule has 0 atom stereocenters. The molecule has 0 spiro atoms. The van der Waals surface area contributed by atoms with E-state index in [2.05, 4.69) is 25.9 Å². The van der Waals surface area contributed by atoms with Crippen LogP contribution in [0.5, 0.6) is 0 Å². The maximum absolute atomic E-state index is 5.46. The van der Waals surface area contributed by atoms with Crippen molar-refractivity contribution in [1.82, 2.24) is 4.98 Å². The summed E-state index contributed by atoms with van der Waals surface area (Å²) in [5.74, 6) is 0.503. The Kier molecular flexibility index (Phi) is 2.59. The molecule has 0 unspecified atom stereocenters. The zero-order valence-corrected chi connectivity index (χ0v) is 7.67. The van der Waals surface area contributed by atoms with Crippen molar-refractivity contribution in [2.75, 3.05) is 12.8 Å². The fourth-order valence-corrected chi connectivity index (χ4v) is 1.03. The van der Waals surface area contributed by atoms with Gasteiger partial charge in [-0.15, -0.1) is 0 Å². The maximum atomic E-state index is 5.46. The van der Waals surface area contributed by atoms with E-state index in [4.69, 9.17) is 5.73 Å². The summed E-state index contributed by atoms with van der Waals surface area (Å²) in [7, 11) is 1.71. The molecule has 11 heavy (non-hydrogen) atoms. The Bertz CT molecular complexity index is 283. The number of pyridine rings is 1. The second-order valence-electron chi connectivity index (χ2n) is 2.02. The Hall–Kier alpha value is -0.900. The highest BCUT2D eigenvalue weighted by molar-refractivity contribution is 9.10. The van der Waals surface area contributed by atoms with Gasteiger partial charge in [-0.2, -0.15) is 0 Å². The number of aromatic nitrogens is 1. The van der Waals surface area contributed by atoms with Crippen LogP contribution < -0.4 is 5.73 Å². The molecule has 0 radical (unpaired) electrons. The molecule has 0 aromatic carbocycles. The number of halogens is 1. The van der Waals surface area contributed by atoms with Crippen LogP contribution in [-0.2, 0) is 0 Å². The average Bonchev–Trinajstić information content (AvgIpc) is 1.98. The summed E-state index contributed by atoms with van der Waals surface area (Å²) in [6.45, 7) is 0. The van der Waals surface area contributed by atoms with Crippen LogP contribution in [0, 0.1) is 0 Å². The topological polar surface area (TPSA) is 51.3 Å². The third kappa shape index (κ3) is 2.01. The maximum Gasteiger partial charge on any atom is 0.124 e. The van der Waals surface area contributed by atoms with E-state index in [9.17, 15) is 0 Å². The molecular weight excluding hydrogens is 206 g/mol. The Labute approximate surface area is 73.5 Å². The molecule has 0 bridgehead atoms. The van der Waals surface area contributed by atoms with E-state index < -0.39 is 0 Å². The monoisotopic (exact) mass is 213 g/mol. The minimum absolute atomic E-state index is 0.503. The van der Waals surface area contributed by atoms with Crippen molar-refractivity contribution in [3.8, 4) is 0 Å². The summed E-state index contributed by atoms with van der Waals surface area (Å²) in [6, 6.07) is 1.76. The van der Waals surface area contributed by atoms with Crippen molar-refractivity contribution in [3.05, 3.63) is 22.3 Å². The lowest BCUT2D eigenvalue weighted by atomic mass is 10.3. The number of nitrogen functional groups attached to an aromatic ring is 1. The minimum atomic E-state index is 0.503. The first kappa shape index (κ1) is 8.20. The van der Waals surface area contributed by atoms with Crippen LogP contribution in [-0.4, -0.2) is 18.2 Å². The highest BCUT2D eigenvalue weighted by atomic mass is 79.9. The first-order valence-corrected chi connectivity index (χ1v) is 3.86. The van der Waals surface area contributed by atoms with Crippen LogP contribution in [0.4, 0.5) is 5.82 Å². The fourth-order valence-electron chi connectivity index (χ4n) is 0.709. The predicted octanol–water partition coefficient (Wildman–Crippen LogP) is 1.48. The first-order chi connectivity index (χ1) is 5.24. The third-order valence-electron chi connectivity index (χ3n) is 1.17. The summed E-state index contributed by atoms with van der Waals surface area (Å²) < 4.78 is 0.900. The van der Waals surface area contributed by atoms with Crippen LogP contribution in [0.2, 0.25) is 0 Å². The van der Waals surface area contributed by atoms with Gasteiger partial charge in [0.1, 0.15) is 5.82 Å². The molecule has 0 aliphatic heterocycles. The second kappa shape index (κ2) is 3.48. The van der Waals surface area contributed by atoms with Gasteiger partial charge >= 0.3 is 0 Å². The molecule has 1 aromatic heterocycles. The van der Waals surface area contributed by atoms with Crippen molar-refractivity contribution in [1.29, 1.82) is 0 Å². The van der Waals surface area contributed by atoms with Gasteiger partial charge in [0.05, 0.1) is 0 Å². The molecule has 58 valence electrons. The summed E-state index contributed by atoms with van der Waals surface area (Å²) in [4.78, 5) is 7.76. The largest absolute Gasteiger partial charge is 0.384 e. The molecule has 1 aromatic rings. The molecule has 4 heteroatoms. The summed E-state index contributed by atoms with van der Waals surface area (Å²) in [5, 5.41) is 0. The lowest BCUT2D eigenvalue weighted by molar-refractivity contribution is 1.31. The van der Waals surface area contributed by atoms with E-state index >= 15 is 0 Å².